The molecular formula is C17H24N4O4. The standard InChI is InChI=1S/C17H24N4O4/c1-12(2)21-15(23)17(18-16(21)24)6-7-20(11-17)10-14(22)19(3)9-13-5-4-8-25-13/h4-5,8,12H,6-7,9-11H2,1-3H3,(H,18,24)/t17-/m0/s1. The minimum absolute atomic E-state index is 0.0501. The van der Waals surface area contributed by atoms with Crippen molar-refractivity contribution in [2.24, 2.45) is 0 Å². The molecule has 0 unspecified atom stereocenters. The van der Waals surface area contributed by atoms with Gasteiger partial charge in [0.1, 0.15) is 11.3 Å². The molecule has 1 aromatic rings. The van der Waals surface area contributed by atoms with Crippen LogP contribution in [-0.4, -0.2) is 70.8 Å². The Morgan fingerprint density at radius 2 is 2.20 bits per heavy atom. The lowest BCUT2D eigenvalue weighted by atomic mass is 9.98. The minimum Gasteiger partial charge on any atom is -0.467 e. The van der Waals surface area contributed by atoms with E-state index in [2.05, 4.69) is 5.32 Å². The molecule has 0 saturated carbocycles. The number of urea groups is 1. The molecule has 8 nitrogen and oxygen atoms in total. The van der Waals surface area contributed by atoms with Crippen LogP contribution in [0.5, 0.6) is 0 Å². The fraction of sp³-hybridized carbons (Fsp3) is 0.588. The van der Waals surface area contributed by atoms with E-state index >= 15 is 0 Å². The number of nitrogens with one attached hydrogen (secondary N) is 1. The van der Waals surface area contributed by atoms with Crippen LogP contribution >= 0.6 is 0 Å². The van der Waals surface area contributed by atoms with Crippen molar-refractivity contribution in [2.75, 3.05) is 26.7 Å². The third-order valence-corrected chi connectivity index (χ3v) is 4.82. The first-order chi connectivity index (χ1) is 11.8. The number of amides is 4. The molecule has 2 fully saturated rings. The molecule has 25 heavy (non-hydrogen) atoms. The van der Waals surface area contributed by atoms with E-state index in [1.54, 1.807) is 24.3 Å². The zero-order valence-corrected chi connectivity index (χ0v) is 14.8. The molecule has 0 radical (unpaired) electrons. The first-order valence-corrected chi connectivity index (χ1v) is 8.47. The summed E-state index contributed by atoms with van der Waals surface area (Å²) >= 11 is 0. The highest BCUT2D eigenvalue weighted by molar-refractivity contribution is 6.07. The van der Waals surface area contributed by atoms with Gasteiger partial charge in [0, 0.05) is 26.2 Å². The average Bonchev–Trinajstić information content (AvgIpc) is 3.22. The van der Waals surface area contributed by atoms with Gasteiger partial charge in [0.05, 0.1) is 19.4 Å². The summed E-state index contributed by atoms with van der Waals surface area (Å²) in [5.74, 6) is 0.483. The summed E-state index contributed by atoms with van der Waals surface area (Å²) in [5.41, 5.74) is -0.888. The maximum atomic E-state index is 12.7. The summed E-state index contributed by atoms with van der Waals surface area (Å²) in [6.07, 6.45) is 2.10. The van der Waals surface area contributed by atoms with Gasteiger partial charge in [-0.1, -0.05) is 0 Å². The van der Waals surface area contributed by atoms with Crippen LogP contribution in [-0.2, 0) is 16.1 Å². The quantitative estimate of drug-likeness (QED) is 0.790. The van der Waals surface area contributed by atoms with Gasteiger partial charge in [0.2, 0.25) is 5.91 Å². The second kappa shape index (κ2) is 6.51. The Labute approximate surface area is 146 Å². The molecular weight excluding hydrogens is 324 g/mol. The monoisotopic (exact) mass is 348 g/mol. The highest BCUT2D eigenvalue weighted by atomic mass is 16.3. The van der Waals surface area contributed by atoms with Crippen LogP contribution in [0.3, 0.4) is 0 Å². The first kappa shape index (κ1) is 17.5. The second-order valence-corrected chi connectivity index (χ2v) is 7.07. The van der Waals surface area contributed by atoms with E-state index in [9.17, 15) is 14.4 Å². The van der Waals surface area contributed by atoms with Crippen molar-refractivity contribution in [3.05, 3.63) is 24.2 Å². The molecule has 2 aliphatic heterocycles. The van der Waals surface area contributed by atoms with E-state index in [4.69, 9.17) is 4.42 Å². The molecule has 8 heteroatoms. The van der Waals surface area contributed by atoms with Crippen molar-refractivity contribution >= 4 is 17.8 Å². The third kappa shape index (κ3) is 3.26. The van der Waals surface area contributed by atoms with Crippen LogP contribution in [0.2, 0.25) is 0 Å². The normalized spacial score (nSPS) is 23.8. The maximum absolute atomic E-state index is 12.7. The number of likely N-dealkylation sites (tertiary alicyclic amines) is 1. The summed E-state index contributed by atoms with van der Waals surface area (Å²) < 4.78 is 5.26. The van der Waals surface area contributed by atoms with Crippen LogP contribution in [0.1, 0.15) is 26.0 Å². The van der Waals surface area contributed by atoms with Crippen molar-refractivity contribution < 1.29 is 18.8 Å². The SMILES string of the molecule is CC(C)N1C(=O)N[C@]2(CCN(CC(=O)N(C)Cc3ccco3)C2)C1=O. The summed E-state index contributed by atoms with van der Waals surface area (Å²) in [6, 6.07) is 3.08. The molecule has 0 aromatic carbocycles. The van der Waals surface area contributed by atoms with Gasteiger partial charge in [0.25, 0.3) is 5.91 Å². The van der Waals surface area contributed by atoms with Crippen LogP contribution < -0.4 is 5.32 Å². The summed E-state index contributed by atoms with van der Waals surface area (Å²) in [5, 5.41) is 2.84. The Hall–Kier alpha value is -2.35. The van der Waals surface area contributed by atoms with Gasteiger partial charge < -0.3 is 14.6 Å². The minimum atomic E-state index is -0.888. The molecule has 0 aliphatic carbocycles. The van der Waals surface area contributed by atoms with Crippen molar-refractivity contribution in [3.8, 4) is 0 Å². The fourth-order valence-electron chi connectivity index (χ4n) is 3.45. The van der Waals surface area contributed by atoms with Gasteiger partial charge >= 0.3 is 6.03 Å². The van der Waals surface area contributed by atoms with Gasteiger partial charge in [0.15, 0.2) is 0 Å². The van der Waals surface area contributed by atoms with E-state index in [1.165, 1.54) is 4.90 Å². The molecule has 136 valence electrons. The van der Waals surface area contributed by atoms with Gasteiger partial charge in [-0.05, 0) is 32.4 Å². The van der Waals surface area contributed by atoms with E-state index in [-0.39, 0.29) is 30.4 Å². The summed E-state index contributed by atoms with van der Waals surface area (Å²) in [4.78, 5) is 42.0. The topological polar surface area (TPSA) is 86.1 Å². The molecule has 1 atom stereocenters. The number of hydrogen-bond donors (Lipinski definition) is 1. The largest absolute Gasteiger partial charge is 0.467 e. The predicted molar refractivity (Wildman–Crippen MR) is 89.5 cm³/mol. The molecule has 2 saturated heterocycles. The van der Waals surface area contributed by atoms with E-state index < -0.39 is 5.54 Å². The second-order valence-electron chi connectivity index (χ2n) is 7.07. The van der Waals surface area contributed by atoms with Gasteiger partial charge in [-0.3, -0.25) is 19.4 Å². The van der Waals surface area contributed by atoms with Crippen molar-refractivity contribution in [1.29, 1.82) is 0 Å². The Morgan fingerprint density at radius 1 is 1.44 bits per heavy atom. The van der Waals surface area contributed by atoms with Gasteiger partial charge in [-0.15, -0.1) is 0 Å². The van der Waals surface area contributed by atoms with Crippen LogP contribution in [0, 0.1) is 0 Å². The third-order valence-electron chi connectivity index (χ3n) is 4.82. The fourth-order valence-corrected chi connectivity index (χ4v) is 3.45. The number of nitrogens with zero attached hydrogens (tertiary/aromatic N) is 3. The highest BCUT2D eigenvalue weighted by Gasteiger charge is 2.55. The van der Waals surface area contributed by atoms with Crippen LogP contribution in [0.15, 0.2) is 22.8 Å². The van der Waals surface area contributed by atoms with E-state index in [0.29, 0.717) is 26.1 Å². The van der Waals surface area contributed by atoms with Gasteiger partial charge in [-0.2, -0.15) is 0 Å². The number of rotatable bonds is 5. The lowest BCUT2D eigenvalue weighted by Gasteiger charge is -2.24. The molecule has 1 N–H and O–H groups in total. The molecule has 1 aromatic heterocycles. The Balaban J connectivity index is 1.59. The molecule has 1 spiro atoms. The number of carbonyl (C=O) groups is 3. The summed E-state index contributed by atoms with van der Waals surface area (Å²) in [7, 11) is 1.72. The molecule has 2 aliphatic rings. The smallest absolute Gasteiger partial charge is 0.325 e. The number of furan rings is 1. The van der Waals surface area contributed by atoms with Crippen molar-refractivity contribution in [2.45, 2.75) is 38.4 Å². The number of carbonyl (C=O) groups excluding carboxylic acids is 3. The Kier molecular flexibility index (Phi) is 4.55. The van der Waals surface area contributed by atoms with Crippen molar-refractivity contribution in [1.82, 2.24) is 20.0 Å². The van der Waals surface area contributed by atoms with E-state index in [0.717, 1.165) is 5.76 Å². The predicted octanol–water partition coefficient (Wildman–Crippen LogP) is 0.643. The maximum Gasteiger partial charge on any atom is 0.325 e. The number of imide groups is 1. The number of likely N-dealkylation sites (N-methyl/N-ethyl adjacent to an activating group) is 1. The lowest BCUT2D eigenvalue weighted by Crippen LogP contribution is -2.50. The molecule has 4 amide bonds. The molecule has 3 rings (SSSR count). The first-order valence-electron chi connectivity index (χ1n) is 8.47. The number of hydrogen-bond acceptors (Lipinski definition) is 5. The zero-order valence-electron chi connectivity index (χ0n) is 14.8. The van der Waals surface area contributed by atoms with Crippen LogP contribution in [0.4, 0.5) is 4.79 Å². The Morgan fingerprint density at radius 3 is 2.80 bits per heavy atom. The average molecular weight is 348 g/mol. The summed E-state index contributed by atoms with van der Waals surface area (Å²) in [6.45, 7) is 5.21. The van der Waals surface area contributed by atoms with Crippen molar-refractivity contribution in [3.63, 3.8) is 0 Å². The van der Waals surface area contributed by atoms with Gasteiger partial charge in [-0.25, -0.2) is 4.79 Å². The molecule has 0 bridgehead atoms. The zero-order chi connectivity index (χ0) is 18.2. The van der Waals surface area contributed by atoms with Crippen LogP contribution in [0.25, 0.3) is 0 Å². The molecule has 3 heterocycles. The lowest BCUT2D eigenvalue weighted by molar-refractivity contribution is -0.134. The Bertz CT molecular complexity index is 672. The highest BCUT2D eigenvalue weighted by Crippen LogP contribution is 2.29. The van der Waals surface area contributed by atoms with E-state index in [1.807, 2.05) is 24.8 Å².